The fraction of sp³-hybridized carbons (Fsp3) is 0.200. The van der Waals surface area contributed by atoms with Gasteiger partial charge >= 0.3 is 12.0 Å². The molecule has 176 valence electrons. The molecule has 34 heavy (non-hydrogen) atoms. The number of urea groups is 1. The molecule has 1 heterocycles. The highest BCUT2D eigenvalue weighted by atomic mass is 16.6. The average Bonchev–Trinajstić information content (AvgIpc) is 2.81. The number of barbiturate groups is 1. The number of amides is 4. The molecule has 0 unspecified atom stereocenters. The van der Waals surface area contributed by atoms with Crippen molar-refractivity contribution in [3.05, 3.63) is 71.3 Å². The molecule has 1 aliphatic heterocycles. The summed E-state index contributed by atoms with van der Waals surface area (Å²) in [6.45, 7) is 5.28. The smallest absolute Gasteiger partial charge is 0.343 e. The highest BCUT2D eigenvalue weighted by Gasteiger charge is 2.36. The highest BCUT2D eigenvalue weighted by Crippen LogP contribution is 2.35. The third kappa shape index (κ3) is 5.15. The van der Waals surface area contributed by atoms with Gasteiger partial charge in [-0.25, -0.2) is 14.5 Å². The Kier molecular flexibility index (Phi) is 7.47. The molecule has 0 radical (unpaired) electrons. The van der Waals surface area contributed by atoms with Gasteiger partial charge in [-0.05, 0) is 49.2 Å². The summed E-state index contributed by atoms with van der Waals surface area (Å²) in [6.07, 6.45) is 3.36. The van der Waals surface area contributed by atoms with Gasteiger partial charge in [-0.2, -0.15) is 0 Å². The van der Waals surface area contributed by atoms with Crippen molar-refractivity contribution in [2.24, 2.45) is 0 Å². The molecule has 9 heteroatoms. The first-order valence-electron chi connectivity index (χ1n) is 10.3. The van der Waals surface area contributed by atoms with Gasteiger partial charge in [0.25, 0.3) is 11.8 Å². The SMILES string of the molecule is C=CCc1cc(C=C2C(=O)NC(=O)N(c3ccc(C)cc3)C2=O)cc(OC)c1OCC(=O)OC. The van der Waals surface area contributed by atoms with Crippen molar-refractivity contribution < 1.29 is 33.4 Å². The van der Waals surface area contributed by atoms with Gasteiger partial charge in [0.1, 0.15) is 5.57 Å². The van der Waals surface area contributed by atoms with E-state index in [9.17, 15) is 19.2 Å². The molecule has 3 rings (SSSR count). The maximum atomic E-state index is 13.1. The number of aryl methyl sites for hydroxylation is 1. The van der Waals surface area contributed by atoms with E-state index in [0.717, 1.165) is 10.5 Å². The number of imide groups is 2. The lowest BCUT2D eigenvalue weighted by Crippen LogP contribution is -2.54. The Balaban J connectivity index is 2.03. The molecule has 2 aromatic rings. The fourth-order valence-electron chi connectivity index (χ4n) is 3.33. The van der Waals surface area contributed by atoms with Crippen molar-refractivity contribution in [1.82, 2.24) is 5.32 Å². The molecule has 0 aliphatic carbocycles. The molecule has 1 fully saturated rings. The first-order valence-corrected chi connectivity index (χ1v) is 10.3. The van der Waals surface area contributed by atoms with Crippen molar-refractivity contribution >= 4 is 35.6 Å². The van der Waals surface area contributed by atoms with Crippen LogP contribution in [0.2, 0.25) is 0 Å². The average molecular weight is 464 g/mol. The topological polar surface area (TPSA) is 111 Å². The van der Waals surface area contributed by atoms with Crippen LogP contribution in [0.3, 0.4) is 0 Å². The molecule has 0 aromatic heterocycles. The number of nitrogens with zero attached hydrogens (tertiary/aromatic N) is 1. The Morgan fingerprint density at radius 3 is 2.44 bits per heavy atom. The van der Waals surface area contributed by atoms with Crippen LogP contribution >= 0.6 is 0 Å². The Bertz CT molecular complexity index is 1180. The number of anilines is 1. The molecular weight excluding hydrogens is 440 g/mol. The van der Waals surface area contributed by atoms with Gasteiger partial charge in [-0.1, -0.05) is 23.8 Å². The molecule has 0 atom stereocenters. The van der Waals surface area contributed by atoms with Crippen LogP contribution in [0.1, 0.15) is 16.7 Å². The number of benzene rings is 2. The Hall–Kier alpha value is -4.40. The monoisotopic (exact) mass is 464 g/mol. The second kappa shape index (κ2) is 10.5. The lowest BCUT2D eigenvalue weighted by atomic mass is 10.0. The summed E-state index contributed by atoms with van der Waals surface area (Å²) in [5.74, 6) is -1.54. The summed E-state index contributed by atoms with van der Waals surface area (Å²) in [4.78, 5) is 50.5. The van der Waals surface area contributed by atoms with Crippen molar-refractivity contribution in [3.8, 4) is 11.5 Å². The normalized spacial score (nSPS) is 14.6. The molecule has 4 amide bonds. The molecule has 1 aliphatic rings. The molecule has 1 N–H and O–H groups in total. The van der Waals surface area contributed by atoms with E-state index < -0.39 is 23.8 Å². The summed E-state index contributed by atoms with van der Waals surface area (Å²) in [5, 5.41) is 2.20. The molecule has 0 saturated carbocycles. The van der Waals surface area contributed by atoms with Crippen LogP contribution < -0.4 is 19.7 Å². The van der Waals surface area contributed by atoms with Crippen LogP contribution in [0.5, 0.6) is 11.5 Å². The summed E-state index contributed by atoms with van der Waals surface area (Å²) >= 11 is 0. The van der Waals surface area contributed by atoms with E-state index in [0.29, 0.717) is 29.0 Å². The predicted molar refractivity (Wildman–Crippen MR) is 125 cm³/mol. The number of hydrogen-bond acceptors (Lipinski definition) is 7. The summed E-state index contributed by atoms with van der Waals surface area (Å²) in [6, 6.07) is 9.17. The highest BCUT2D eigenvalue weighted by molar-refractivity contribution is 6.39. The van der Waals surface area contributed by atoms with Crippen LogP contribution in [0.15, 0.2) is 54.6 Å². The second-order valence-corrected chi connectivity index (χ2v) is 7.36. The van der Waals surface area contributed by atoms with Gasteiger partial charge in [0.2, 0.25) is 0 Å². The van der Waals surface area contributed by atoms with E-state index in [1.54, 1.807) is 42.5 Å². The number of allylic oxidation sites excluding steroid dienone is 1. The second-order valence-electron chi connectivity index (χ2n) is 7.36. The van der Waals surface area contributed by atoms with E-state index >= 15 is 0 Å². The van der Waals surface area contributed by atoms with E-state index in [4.69, 9.17) is 9.47 Å². The number of rotatable bonds is 8. The molecule has 9 nitrogen and oxygen atoms in total. The maximum absolute atomic E-state index is 13.1. The standard InChI is InChI=1S/C25H24N2O7/c1-5-6-17-11-16(13-20(32-3)22(17)34-14-21(28)33-4)12-19-23(29)26-25(31)27(24(19)30)18-9-7-15(2)8-10-18/h5,7-13H,1,6,14H2,2-4H3,(H,26,29,31). The van der Waals surface area contributed by atoms with Gasteiger partial charge < -0.3 is 14.2 Å². The third-order valence-electron chi connectivity index (χ3n) is 5.01. The van der Waals surface area contributed by atoms with Crippen LogP contribution in [-0.4, -0.2) is 44.6 Å². The first kappa shape index (κ1) is 24.2. The summed E-state index contributed by atoms with van der Waals surface area (Å²) in [5.41, 5.74) is 2.13. The minimum absolute atomic E-state index is 0.227. The Morgan fingerprint density at radius 2 is 1.82 bits per heavy atom. The van der Waals surface area contributed by atoms with Crippen LogP contribution in [-0.2, 0) is 25.5 Å². The van der Waals surface area contributed by atoms with Gasteiger partial charge in [0, 0.05) is 5.56 Å². The van der Waals surface area contributed by atoms with Crippen LogP contribution in [0, 0.1) is 6.92 Å². The van der Waals surface area contributed by atoms with Crippen LogP contribution in [0.25, 0.3) is 6.08 Å². The summed E-state index contributed by atoms with van der Waals surface area (Å²) < 4.78 is 15.6. The number of esters is 1. The zero-order chi connectivity index (χ0) is 24.8. The number of carbonyl (C=O) groups is 4. The van der Waals surface area contributed by atoms with E-state index in [-0.39, 0.29) is 17.9 Å². The third-order valence-corrected chi connectivity index (χ3v) is 5.01. The van der Waals surface area contributed by atoms with Crippen molar-refractivity contribution in [3.63, 3.8) is 0 Å². The van der Waals surface area contributed by atoms with E-state index in [2.05, 4.69) is 16.6 Å². The minimum Gasteiger partial charge on any atom is -0.493 e. The van der Waals surface area contributed by atoms with Gasteiger partial charge in [-0.15, -0.1) is 6.58 Å². The number of methoxy groups -OCH3 is 2. The molecule has 1 saturated heterocycles. The van der Waals surface area contributed by atoms with Crippen LogP contribution in [0.4, 0.5) is 10.5 Å². The number of ether oxygens (including phenoxy) is 3. The van der Waals surface area contributed by atoms with Gasteiger partial charge in [0.05, 0.1) is 19.9 Å². The predicted octanol–water partition coefficient (Wildman–Crippen LogP) is 2.95. The van der Waals surface area contributed by atoms with E-state index in [1.807, 2.05) is 6.92 Å². The zero-order valence-corrected chi connectivity index (χ0v) is 19.0. The quantitative estimate of drug-likeness (QED) is 0.277. The van der Waals surface area contributed by atoms with Crippen molar-refractivity contribution in [2.75, 3.05) is 25.7 Å². The lowest BCUT2D eigenvalue weighted by Gasteiger charge is -2.26. The maximum Gasteiger partial charge on any atom is 0.343 e. The number of hydrogen-bond donors (Lipinski definition) is 1. The first-order chi connectivity index (χ1) is 16.3. The van der Waals surface area contributed by atoms with Crippen molar-refractivity contribution in [1.29, 1.82) is 0 Å². The van der Waals surface area contributed by atoms with E-state index in [1.165, 1.54) is 20.3 Å². The molecular formula is C25H24N2O7. The van der Waals surface area contributed by atoms with Crippen molar-refractivity contribution in [2.45, 2.75) is 13.3 Å². The largest absolute Gasteiger partial charge is 0.493 e. The Labute approximate surface area is 196 Å². The Morgan fingerprint density at radius 1 is 1.12 bits per heavy atom. The minimum atomic E-state index is -0.826. The lowest BCUT2D eigenvalue weighted by molar-refractivity contribution is -0.143. The van der Waals surface area contributed by atoms with Gasteiger partial charge in [-0.3, -0.25) is 14.9 Å². The fourth-order valence-corrected chi connectivity index (χ4v) is 3.33. The zero-order valence-electron chi connectivity index (χ0n) is 19.0. The van der Waals surface area contributed by atoms with Gasteiger partial charge in [0.15, 0.2) is 18.1 Å². The molecule has 2 aromatic carbocycles. The molecule has 0 spiro atoms. The number of carbonyl (C=O) groups excluding carboxylic acids is 4. The number of nitrogens with one attached hydrogen (secondary N) is 1. The molecule has 0 bridgehead atoms. The summed E-state index contributed by atoms with van der Waals surface area (Å²) in [7, 11) is 2.67.